The molecule has 4 aromatic rings. The van der Waals surface area contributed by atoms with Crippen molar-refractivity contribution < 1.29 is 17.9 Å². The largest absolute Gasteiger partial charge is 0.493 e. The van der Waals surface area contributed by atoms with Crippen molar-refractivity contribution in [1.29, 1.82) is 0 Å². The summed E-state index contributed by atoms with van der Waals surface area (Å²) >= 11 is 6.55. The second kappa shape index (κ2) is 9.72. The van der Waals surface area contributed by atoms with E-state index in [4.69, 9.17) is 31.0 Å². The zero-order valence-corrected chi connectivity index (χ0v) is 21.9. The Bertz CT molecular complexity index is 1530. The highest BCUT2D eigenvalue weighted by atomic mass is 35.5. The number of hydrogen-bond acceptors (Lipinski definition) is 6. The molecular formula is C26H27ClN4O4S. The Balaban J connectivity index is 1.47. The quantitative estimate of drug-likeness (QED) is 0.347. The Morgan fingerprint density at radius 3 is 2.36 bits per heavy atom. The highest BCUT2D eigenvalue weighted by Gasteiger charge is 2.33. The van der Waals surface area contributed by atoms with Gasteiger partial charge in [-0.3, -0.25) is 0 Å². The van der Waals surface area contributed by atoms with Crippen LogP contribution in [0.2, 0.25) is 5.02 Å². The summed E-state index contributed by atoms with van der Waals surface area (Å²) in [5, 5.41) is 0.610. The van der Waals surface area contributed by atoms with Gasteiger partial charge in [0, 0.05) is 36.5 Å². The summed E-state index contributed by atoms with van der Waals surface area (Å²) in [6.45, 7) is 2.69. The van der Waals surface area contributed by atoms with Crippen LogP contribution in [-0.2, 0) is 10.0 Å². The second-order valence-corrected chi connectivity index (χ2v) is 11.1. The number of sulfonamides is 1. The average Bonchev–Trinajstić information content (AvgIpc) is 3.26. The third kappa shape index (κ3) is 4.31. The number of methoxy groups -OCH3 is 2. The fraction of sp³-hybridized carbons (Fsp3) is 0.308. The molecule has 1 aliphatic rings. The van der Waals surface area contributed by atoms with Crippen LogP contribution in [0.15, 0.2) is 59.5 Å². The van der Waals surface area contributed by atoms with Gasteiger partial charge in [0.05, 0.1) is 24.1 Å². The predicted octanol–water partition coefficient (Wildman–Crippen LogP) is 5.10. The average molecular weight is 527 g/mol. The molecule has 10 heteroatoms. The number of ether oxygens (including phenoxy) is 2. The third-order valence-corrected chi connectivity index (χ3v) is 8.80. The summed E-state index contributed by atoms with van der Waals surface area (Å²) in [7, 11) is -0.689. The topological polar surface area (TPSA) is 86.6 Å². The lowest BCUT2D eigenvalue weighted by atomic mass is 10.1. The molecule has 36 heavy (non-hydrogen) atoms. The molecule has 0 amide bonds. The van der Waals surface area contributed by atoms with Crippen LogP contribution in [0, 0.1) is 6.92 Å². The van der Waals surface area contributed by atoms with Crippen LogP contribution in [0.5, 0.6) is 11.5 Å². The highest BCUT2D eigenvalue weighted by molar-refractivity contribution is 7.89. The Morgan fingerprint density at radius 1 is 0.944 bits per heavy atom. The van der Waals surface area contributed by atoms with E-state index in [2.05, 4.69) is 4.57 Å². The van der Waals surface area contributed by atoms with Crippen molar-refractivity contribution in [2.24, 2.45) is 0 Å². The summed E-state index contributed by atoms with van der Waals surface area (Å²) in [6.07, 6.45) is 1.23. The van der Waals surface area contributed by atoms with E-state index in [0.29, 0.717) is 42.5 Å². The zero-order valence-electron chi connectivity index (χ0n) is 20.3. The van der Waals surface area contributed by atoms with Crippen molar-refractivity contribution in [2.45, 2.75) is 30.7 Å². The fourth-order valence-corrected chi connectivity index (χ4v) is 6.42. The van der Waals surface area contributed by atoms with Gasteiger partial charge in [-0.1, -0.05) is 23.7 Å². The number of hydrogen-bond donors (Lipinski definition) is 0. The van der Waals surface area contributed by atoms with E-state index in [1.165, 1.54) is 24.6 Å². The molecule has 1 saturated heterocycles. The van der Waals surface area contributed by atoms with E-state index in [0.717, 1.165) is 28.2 Å². The first-order chi connectivity index (χ1) is 17.3. The van der Waals surface area contributed by atoms with Gasteiger partial charge < -0.3 is 14.0 Å². The zero-order chi connectivity index (χ0) is 25.4. The second-order valence-electron chi connectivity index (χ2n) is 8.73. The molecule has 0 unspecified atom stereocenters. The Hall–Kier alpha value is -3.14. The van der Waals surface area contributed by atoms with Gasteiger partial charge in [0.25, 0.3) is 0 Å². The van der Waals surface area contributed by atoms with Crippen LogP contribution in [0.25, 0.3) is 22.6 Å². The van der Waals surface area contributed by atoms with E-state index in [1.54, 1.807) is 12.1 Å². The number of piperidine rings is 1. The summed E-state index contributed by atoms with van der Waals surface area (Å²) in [5.74, 6) is 1.61. The van der Waals surface area contributed by atoms with Crippen LogP contribution in [0.3, 0.4) is 0 Å². The first kappa shape index (κ1) is 24.5. The third-order valence-electron chi connectivity index (χ3n) is 6.57. The number of aryl methyl sites for hydroxylation is 1. The smallest absolute Gasteiger partial charge is 0.243 e. The maximum Gasteiger partial charge on any atom is 0.243 e. The normalized spacial score (nSPS) is 15.3. The van der Waals surface area contributed by atoms with Gasteiger partial charge in [-0.25, -0.2) is 18.4 Å². The van der Waals surface area contributed by atoms with Crippen molar-refractivity contribution in [3.8, 4) is 22.9 Å². The minimum absolute atomic E-state index is 0.0208. The van der Waals surface area contributed by atoms with Gasteiger partial charge in [-0.15, -0.1) is 0 Å². The van der Waals surface area contributed by atoms with Crippen LogP contribution in [0.4, 0.5) is 0 Å². The molecule has 8 nitrogen and oxygen atoms in total. The van der Waals surface area contributed by atoms with Crippen molar-refractivity contribution >= 4 is 32.8 Å². The number of benzene rings is 2. The number of pyridine rings is 1. The van der Waals surface area contributed by atoms with Crippen LogP contribution < -0.4 is 9.47 Å². The molecular weight excluding hydrogens is 500 g/mol. The number of aromatic nitrogens is 3. The molecule has 0 spiro atoms. The molecule has 1 aliphatic heterocycles. The molecule has 3 heterocycles. The van der Waals surface area contributed by atoms with Crippen LogP contribution in [0.1, 0.15) is 24.6 Å². The summed E-state index contributed by atoms with van der Waals surface area (Å²) < 4.78 is 41.0. The predicted molar refractivity (Wildman–Crippen MR) is 139 cm³/mol. The number of imidazole rings is 1. The van der Waals surface area contributed by atoms with Gasteiger partial charge >= 0.3 is 0 Å². The summed E-state index contributed by atoms with van der Waals surface area (Å²) in [5.41, 5.74) is 3.29. The highest BCUT2D eigenvalue weighted by Crippen LogP contribution is 2.37. The minimum atomic E-state index is -3.69. The standard InChI is InChI=1S/C26H27ClN4O4S/c1-17-8-10-22-26(28-17)31(25(29-22)20-6-4-5-7-21(20)27)18-12-14-30(15-13-18)36(32,33)19-9-11-23(34-2)24(16-19)35-3/h4-11,16,18H,12-15H2,1-3H3. The minimum Gasteiger partial charge on any atom is -0.493 e. The van der Waals surface area contributed by atoms with Crippen molar-refractivity contribution in [2.75, 3.05) is 27.3 Å². The summed E-state index contributed by atoms with van der Waals surface area (Å²) in [4.78, 5) is 9.83. The first-order valence-electron chi connectivity index (χ1n) is 11.7. The van der Waals surface area contributed by atoms with Crippen LogP contribution in [-0.4, -0.2) is 54.6 Å². The van der Waals surface area contributed by atoms with Gasteiger partial charge in [0.15, 0.2) is 17.1 Å². The molecule has 0 saturated carbocycles. The van der Waals surface area contributed by atoms with Gasteiger partial charge in [0.2, 0.25) is 10.0 Å². The Labute approximate surface area is 215 Å². The monoisotopic (exact) mass is 526 g/mol. The fourth-order valence-electron chi connectivity index (χ4n) is 4.71. The van der Waals surface area contributed by atoms with Crippen molar-refractivity contribution in [3.63, 3.8) is 0 Å². The van der Waals surface area contributed by atoms with E-state index in [9.17, 15) is 8.42 Å². The number of rotatable bonds is 6. The molecule has 188 valence electrons. The Kier molecular flexibility index (Phi) is 6.63. The van der Waals surface area contributed by atoms with E-state index in [-0.39, 0.29) is 10.9 Å². The number of nitrogens with zero attached hydrogens (tertiary/aromatic N) is 4. The number of fused-ring (bicyclic) bond motifs is 1. The first-order valence-corrected chi connectivity index (χ1v) is 13.5. The maximum absolute atomic E-state index is 13.4. The van der Waals surface area contributed by atoms with Crippen molar-refractivity contribution in [1.82, 2.24) is 18.8 Å². The molecule has 5 rings (SSSR count). The molecule has 0 N–H and O–H groups in total. The molecule has 2 aromatic heterocycles. The molecule has 0 radical (unpaired) electrons. The van der Waals surface area contributed by atoms with Crippen molar-refractivity contribution in [3.05, 3.63) is 65.3 Å². The Morgan fingerprint density at radius 2 is 1.67 bits per heavy atom. The lowest BCUT2D eigenvalue weighted by molar-refractivity contribution is 0.278. The SMILES string of the molecule is COc1ccc(S(=O)(=O)N2CCC(n3c(-c4ccccc4Cl)nc4ccc(C)nc43)CC2)cc1OC. The van der Waals surface area contributed by atoms with Gasteiger partial charge in [-0.05, 0) is 56.2 Å². The molecule has 0 bridgehead atoms. The molecule has 0 atom stereocenters. The van der Waals surface area contributed by atoms with Gasteiger partial charge in [-0.2, -0.15) is 4.31 Å². The molecule has 1 fully saturated rings. The molecule has 2 aromatic carbocycles. The summed E-state index contributed by atoms with van der Waals surface area (Å²) in [6, 6.07) is 16.2. The lowest BCUT2D eigenvalue weighted by Crippen LogP contribution is -2.39. The number of halogens is 1. The maximum atomic E-state index is 13.4. The lowest BCUT2D eigenvalue weighted by Gasteiger charge is -2.33. The van der Waals surface area contributed by atoms with E-state index >= 15 is 0 Å². The van der Waals surface area contributed by atoms with E-state index in [1.807, 2.05) is 43.3 Å². The van der Waals surface area contributed by atoms with Gasteiger partial charge in [0.1, 0.15) is 11.3 Å². The van der Waals surface area contributed by atoms with E-state index < -0.39 is 10.0 Å². The molecule has 0 aliphatic carbocycles. The van der Waals surface area contributed by atoms with Crippen LogP contribution >= 0.6 is 11.6 Å².